The molecule has 0 N–H and O–H groups in total. The minimum atomic E-state index is -1.34. The lowest BCUT2D eigenvalue weighted by atomic mass is 9.76. The zero-order chi connectivity index (χ0) is 19.2. The number of ketones is 2. The fourth-order valence-electron chi connectivity index (χ4n) is 3.98. The van der Waals surface area contributed by atoms with Crippen molar-refractivity contribution in [2.45, 2.75) is 24.1 Å². The summed E-state index contributed by atoms with van der Waals surface area (Å²) in [5, 5.41) is 0. The lowest BCUT2D eigenvalue weighted by Gasteiger charge is -2.32. The van der Waals surface area contributed by atoms with Crippen molar-refractivity contribution < 1.29 is 9.59 Å². The third-order valence-electron chi connectivity index (χ3n) is 5.35. The first kappa shape index (κ1) is 17.9. The number of benzene rings is 3. The lowest BCUT2D eigenvalue weighted by molar-refractivity contribution is 0.0861. The van der Waals surface area contributed by atoms with Gasteiger partial charge in [0.05, 0.1) is 0 Å². The summed E-state index contributed by atoms with van der Waals surface area (Å²) >= 11 is 3.66. The van der Waals surface area contributed by atoms with E-state index in [1.807, 2.05) is 50.2 Å². The highest BCUT2D eigenvalue weighted by Crippen LogP contribution is 2.49. The summed E-state index contributed by atoms with van der Waals surface area (Å²) in [6.45, 7) is 4.05. The quantitative estimate of drug-likeness (QED) is 0.406. The van der Waals surface area contributed by atoms with Gasteiger partial charge in [-0.25, -0.2) is 0 Å². The largest absolute Gasteiger partial charge is 0.292 e. The van der Waals surface area contributed by atoms with Gasteiger partial charge in [0.1, 0.15) is 0 Å². The number of alkyl halides is 1. The van der Waals surface area contributed by atoms with E-state index in [1.165, 1.54) is 0 Å². The van der Waals surface area contributed by atoms with Crippen LogP contribution >= 0.6 is 15.9 Å². The smallest absolute Gasteiger partial charge is 0.189 e. The number of aryl methyl sites for hydroxylation is 2. The van der Waals surface area contributed by atoms with Crippen molar-refractivity contribution in [3.05, 3.63) is 106 Å². The summed E-state index contributed by atoms with van der Waals surface area (Å²) in [4.78, 5) is 26.9. The van der Waals surface area contributed by atoms with Crippen molar-refractivity contribution >= 4 is 27.5 Å². The second-order valence-corrected chi connectivity index (χ2v) is 8.37. The van der Waals surface area contributed by atoms with Crippen LogP contribution in [-0.4, -0.2) is 15.9 Å². The van der Waals surface area contributed by atoms with Gasteiger partial charge in [0.2, 0.25) is 0 Å². The molecule has 0 saturated carbocycles. The molecule has 0 spiro atoms. The van der Waals surface area contributed by atoms with E-state index in [2.05, 4.69) is 28.1 Å². The first-order valence-electron chi connectivity index (χ1n) is 8.94. The minimum absolute atomic E-state index is 0.169. The number of halogens is 1. The fraction of sp³-hybridized carbons (Fsp3) is 0.167. The number of carbonyl (C=O) groups excluding carboxylic acids is 2. The fourth-order valence-corrected chi connectivity index (χ4v) is 4.91. The highest BCUT2D eigenvalue weighted by molar-refractivity contribution is 9.10. The highest BCUT2D eigenvalue weighted by atomic mass is 79.9. The number of fused-ring (bicyclic) bond motifs is 1. The van der Waals surface area contributed by atoms with Crippen LogP contribution in [0.4, 0.5) is 0 Å². The summed E-state index contributed by atoms with van der Waals surface area (Å²) in [6.07, 6.45) is 0. The van der Waals surface area contributed by atoms with Gasteiger partial charge >= 0.3 is 0 Å². The van der Waals surface area contributed by atoms with E-state index in [9.17, 15) is 9.59 Å². The van der Waals surface area contributed by atoms with E-state index >= 15 is 0 Å². The Morgan fingerprint density at radius 1 is 0.778 bits per heavy atom. The predicted octanol–water partition coefficient (Wildman–Crippen LogP) is 5.65. The summed E-state index contributed by atoms with van der Waals surface area (Å²) in [6, 6.07) is 23.1. The lowest BCUT2D eigenvalue weighted by Crippen LogP contribution is -2.42. The SMILES string of the molecule is Cc1ccc(C)c(C(c2ccccc2)C2(Br)C(=O)c3ccccc3C2=O)c1. The maximum Gasteiger partial charge on any atom is 0.189 e. The summed E-state index contributed by atoms with van der Waals surface area (Å²) < 4.78 is -1.34. The monoisotopic (exact) mass is 418 g/mol. The molecule has 0 radical (unpaired) electrons. The van der Waals surface area contributed by atoms with E-state index in [0.29, 0.717) is 11.1 Å². The second-order valence-electron chi connectivity index (χ2n) is 7.12. The molecule has 1 unspecified atom stereocenters. The molecule has 1 aliphatic carbocycles. The molecule has 27 heavy (non-hydrogen) atoms. The molecular formula is C24H19BrO2. The normalized spacial score (nSPS) is 16.3. The molecule has 0 bridgehead atoms. The Balaban J connectivity index is 1.99. The van der Waals surface area contributed by atoms with Gasteiger partial charge in [-0.2, -0.15) is 0 Å². The van der Waals surface area contributed by atoms with Crippen LogP contribution in [0.1, 0.15) is 48.9 Å². The van der Waals surface area contributed by atoms with E-state index in [4.69, 9.17) is 0 Å². The van der Waals surface area contributed by atoms with E-state index < -0.39 is 10.2 Å². The molecule has 4 rings (SSSR count). The molecule has 2 nitrogen and oxygen atoms in total. The van der Waals surface area contributed by atoms with Crippen LogP contribution in [0.5, 0.6) is 0 Å². The van der Waals surface area contributed by atoms with Gasteiger partial charge in [0, 0.05) is 17.0 Å². The van der Waals surface area contributed by atoms with Crippen LogP contribution in [0.25, 0.3) is 0 Å². The average Bonchev–Trinajstić information content (AvgIpc) is 2.88. The van der Waals surface area contributed by atoms with Crippen molar-refractivity contribution in [3.8, 4) is 0 Å². The van der Waals surface area contributed by atoms with Gasteiger partial charge in [0.15, 0.2) is 15.9 Å². The van der Waals surface area contributed by atoms with Crippen molar-refractivity contribution in [2.75, 3.05) is 0 Å². The Hall–Kier alpha value is -2.52. The molecule has 1 aliphatic rings. The summed E-state index contributed by atoms with van der Waals surface area (Å²) in [7, 11) is 0. The van der Waals surface area contributed by atoms with Crippen LogP contribution < -0.4 is 0 Å². The third kappa shape index (κ3) is 2.69. The topological polar surface area (TPSA) is 34.1 Å². The standard InChI is InChI=1S/C24H19BrO2/c1-15-12-13-16(2)20(14-15)21(17-8-4-3-5-9-17)24(25)22(26)18-10-6-7-11-19(18)23(24)27/h3-14,21H,1-2H3. The molecule has 3 aromatic carbocycles. The Bertz CT molecular complexity index is 1020. The van der Waals surface area contributed by atoms with E-state index in [0.717, 1.165) is 22.3 Å². The van der Waals surface area contributed by atoms with Gasteiger partial charge in [0.25, 0.3) is 0 Å². The van der Waals surface area contributed by atoms with Crippen molar-refractivity contribution in [2.24, 2.45) is 0 Å². The number of carbonyl (C=O) groups is 2. The highest BCUT2D eigenvalue weighted by Gasteiger charge is 2.57. The maximum absolute atomic E-state index is 13.4. The van der Waals surface area contributed by atoms with Gasteiger partial charge < -0.3 is 0 Å². The molecule has 0 aromatic heterocycles. The van der Waals surface area contributed by atoms with Gasteiger partial charge in [-0.3, -0.25) is 9.59 Å². The summed E-state index contributed by atoms with van der Waals surface area (Å²) in [5.41, 5.74) is 5.08. The first-order valence-corrected chi connectivity index (χ1v) is 9.73. The molecule has 0 heterocycles. The van der Waals surface area contributed by atoms with Gasteiger partial charge in [-0.1, -0.05) is 94.3 Å². The minimum Gasteiger partial charge on any atom is -0.292 e. The zero-order valence-electron chi connectivity index (χ0n) is 15.2. The Kier molecular flexibility index (Phi) is 4.35. The van der Waals surface area contributed by atoms with Crippen LogP contribution in [0, 0.1) is 13.8 Å². The Morgan fingerprint density at radius 3 is 1.93 bits per heavy atom. The Morgan fingerprint density at radius 2 is 1.33 bits per heavy atom. The zero-order valence-corrected chi connectivity index (χ0v) is 16.8. The summed E-state index contributed by atoms with van der Waals surface area (Å²) in [5.74, 6) is -0.748. The Labute approximate surface area is 167 Å². The number of Topliss-reactive ketones (excluding diaryl/α,β-unsaturated/α-hetero) is 2. The van der Waals surface area contributed by atoms with Gasteiger partial charge in [-0.15, -0.1) is 0 Å². The molecule has 1 atom stereocenters. The average molecular weight is 419 g/mol. The molecule has 0 saturated heterocycles. The number of rotatable bonds is 3. The van der Waals surface area contributed by atoms with Gasteiger partial charge in [-0.05, 0) is 30.5 Å². The molecule has 0 amide bonds. The number of hydrogen-bond acceptors (Lipinski definition) is 2. The van der Waals surface area contributed by atoms with E-state index in [-0.39, 0.29) is 11.6 Å². The van der Waals surface area contributed by atoms with Crippen LogP contribution in [0.15, 0.2) is 72.8 Å². The van der Waals surface area contributed by atoms with Crippen molar-refractivity contribution in [1.82, 2.24) is 0 Å². The molecule has 134 valence electrons. The second kappa shape index (κ2) is 6.58. The molecular weight excluding hydrogens is 400 g/mol. The van der Waals surface area contributed by atoms with Crippen LogP contribution in [0.3, 0.4) is 0 Å². The molecule has 0 aliphatic heterocycles. The van der Waals surface area contributed by atoms with E-state index in [1.54, 1.807) is 24.3 Å². The first-order chi connectivity index (χ1) is 12.9. The van der Waals surface area contributed by atoms with Crippen LogP contribution in [0.2, 0.25) is 0 Å². The third-order valence-corrected chi connectivity index (χ3v) is 6.53. The molecule has 3 heteroatoms. The molecule has 3 aromatic rings. The predicted molar refractivity (Wildman–Crippen MR) is 111 cm³/mol. The van der Waals surface area contributed by atoms with Crippen molar-refractivity contribution in [1.29, 1.82) is 0 Å². The van der Waals surface area contributed by atoms with Crippen molar-refractivity contribution in [3.63, 3.8) is 0 Å². The maximum atomic E-state index is 13.4. The number of hydrogen-bond donors (Lipinski definition) is 0. The van der Waals surface area contributed by atoms with Crippen LogP contribution in [-0.2, 0) is 0 Å². The molecule has 0 fully saturated rings.